The van der Waals surface area contributed by atoms with Gasteiger partial charge in [-0.1, -0.05) is 60.7 Å². The van der Waals surface area contributed by atoms with E-state index in [1.165, 1.54) is 0 Å². The molecule has 6 nitrogen and oxygen atoms in total. The van der Waals surface area contributed by atoms with Crippen LogP contribution in [0.2, 0.25) is 0 Å². The Morgan fingerprint density at radius 1 is 0.444 bits per heavy atom. The molecule has 1 heterocycles. The molecule has 0 aliphatic carbocycles. The zero-order valence-corrected chi connectivity index (χ0v) is 19.2. The van der Waals surface area contributed by atoms with E-state index in [9.17, 15) is 0 Å². The van der Waals surface area contributed by atoms with Gasteiger partial charge in [-0.2, -0.15) is 0 Å². The van der Waals surface area contributed by atoms with Crippen molar-refractivity contribution in [2.24, 2.45) is 20.0 Å². The Hall–Kier alpha value is -4.71. The van der Waals surface area contributed by atoms with E-state index < -0.39 is 0 Å². The summed E-state index contributed by atoms with van der Waals surface area (Å²) in [5.41, 5.74) is 0. The van der Waals surface area contributed by atoms with Crippen LogP contribution in [-0.2, 0) is 9.31 Å². The summed E-state index contributed by atoms with van der Waals surface area (Å²) in [4.78, 5) is 18.8. The molecule has 168 valence electrons. The van der Waals surface area contributed by atoms with Crippen molar-refractivity contribution in [2.45, 2.75) is 0 Å². The van der Waals surface area contributed by atoms with Crippen molar-refractivity contribution in [1.82, 2.24) is 0 Å². The second-order valence-electron chi connectivity index (χ2n) is 7.74. The Bertz CT molecular complexity index is 1800. The van der Waals surface area contributed by atoms with Gasteiger partial charge in [0, 0.05) is 22.8 Å². The van der Waals surface area contributed by atoms with Gasteiger partial charge in [0.2, 0.25) is 11.8 Å². The van der Waals surface area contributed by atoms with Gasteiger partial charge in [0.05, 0.1) is 31.9 Å². The van der Waals surface area contributed by atoms with Gasteiger partial charge in [0.25, 0.3) is 0 Å². The van der Waals surface area contributed by atoms with Crippen LogP contribution in [0.15, 0.2) is 117 Å². The molecule has 1 aliphatic rings. The second kappa shape index (κ2) is 10.7. The molecule has 0 fully saturated rings. The lowest BCUT2D eigenvalue weighted by molar-refractivity contribution is 0.548. The van der Waals surface area contributed by atoms with Gasteiger partial charge in [-0.3, -0.25) is 9.98 Å². The molecule has 4 radical (unpaired) electrons. The smallest absolute Gasteiger partial charge is 0.376 e. The lowest BCUT2D eigenvalue weighted by atomic mass is 10.2. The number of fused-ring (bicyclic) bond motifs is 4. The highest BCUT2D eigenvalue weighted by molar-refractivity contribution is 6.00. The standard InChI is InChI=1S/C28H18B2N4O2/c29-35-27-22-12-4-8-16-26(22)32-18-20-10-2-6-14-24(20)34-28(36-30)21-11-3-7-15-25(21)31-17-19-9-1-5-13-23(19)33-27/h1-18H/b19-17+,20-18?,27-22+,28-21?,31-17?,31-25?,32-18?,32-26?,33-23-,33-27?,34-24+,34-28?. The molecule has 4 aromatic carbocycles. The van der Waals surface area contributed by atoms with Crippen LogP contribution in [0, 0.1) is 0 Å². The number of hydrogen-bond donors (Lipinski definition) is 0. The van der Waals surface area contributed by atoms with Crippen molar-refractivity contribution in [2.75, 3.05) is 0 Å². The van der Waals surface area contributed by atoms with Crippen molar-refractivity contribution < 1.29 is 9.31 Å². The molecule has 0 unspecified atom stereocenters. The van der Waals surface area contributed by atoms with E-state index in [2.05, 4.69) is 0 Å². The van der Waals surface area contributed by atoms with E-state index in [0.29, 0.717) is 31.9 Å². The van der Waals surface area contributed by atoms with E-state index >= 15 is 0 Å². The Balaban J connectivity index is 2.03. The zero-order valence-electron chi connectivity index (χ0n) is 19.2. The molecule has 36 heavy (non-hydrogen) atoms. The average molecular weight is 464 g/mol. The summed E-state index contributed by atoms with van der Waals surface area (Å²) in [6.45, 7) is 0. The Morgan fingerprint density at radius 3 is 1.22 bits per heavy atom. The Kier molecular flexibility index (Phi) is 6.85. The molecule has 1 aliphatic heterocycles. The largest absolute Gasteiger partial charge is 0.554 e. The quantitative estimate of drug-likeness (QED) is 0.361. The van der Waals surface area contributed by atoms with Gasteiger partial charge in [-0.15, -0.1) is 0 Å². The molecule has 0 saturated heterocycles. The van der Waals surface area contributed by atoms with Crippen molar-refractivity contribution >= 4 is 40.3 Å². The van der Waals surface area contributed by atoms with Crippen molar-refractivity contribution in [1.29, 1.82) is 0 Å². The van der Waals surface area contributed by atoms with Crippen LogP contribution in [0.5, 0.6) is 0 Å². The minimum atomic E-state index is 0.223. The van der Waals surface area contributed by atoms with Gasteiger partial charge in [0.15, 0.2) is 0 Å². The highest BCUT2D eigenvalue weighted by atomic mass is 16.4. The lowest BCUT2D eigenvalue weighted by Crippen LogP contribution is -2.32. The average Bonchev–Trinajstić information content (AvgIpc) is 2.93. The topological polar surface area (TPSA) is 67.9 Å². The zero-order chi connectivity index (χ0) is 24.7. The molecule has 0 bridgehead atoms. The minimum absolute atomic E-state index is 0.223. The summed E-state index contributed by atoms with van der Waals surface area (Å²) in [5, 5.41) is 5.28. The second-order valence-corrected chi connectivity index (χ2v) is 7.74. The van der Waals surface area contributed by atoms with Crippen LogP contribution in [0.25, 0.3) is 24.2 Å². The number of benzene rings is 4. The Labute approximate surface area is 208 Å². The van der Waals surface area contributed by atoms with E-state index in [0.717, 1.165) is 10.4 Å². The molecule has 5 rings (SSSR count). The van der Waals surface area contributed by atoms with Gasteiger partial charge in [-0.25, -0.2) is 9.98 Å². The molecular weight excluding hydrogens is 446 g/mol. The maximum atomic E-state index is 5.67. The van der Waals surface area contributed by atoms with E-state index in [1.54, 1.807) is 12.4 Å². The predicted molar refractivity (Wildman–Crippen MR) is 138 cm³/mol. The molecule has 0 N–H and O–H groups in total. The van der Waals surface area contributed by atoms with Gasteiger partial charge < -0.3 is 9.31 Å². The van der Waals surface area contributed by atoms with Crippen LogP contribution in [0.1, 0.15) is 0 Å². The van der Waals surface area contributed by atoms with Crippen LogP contribution in [0.3, 0.4) is 0 Å². The first-order valence-corrected chi connectivity index (χ1v) is 11.1. The van der Waals surface area contributed by atoms with E-state index in [4.69, 9.17) is 45.4 Å². The summed E-state index contributed by atoms with van der Waals surface area (Å²) < 4.78 is 10.4. The highest BCUT2D eigenvalue weighted by Crippen LogP contribution is 1.94. The van der Waals surface area contributed by atoms with E-state index in [1.807, 2.05) is 97.1 Å². The fourth-order valence-electron chi connectivity index (χ4n) is 3.73. The third-order valence-electron chi connectivity index (χ3n) is 5.50. The maximum absolute atomic E-state index is 5.67. The molecule has 0 aromatic heterocycles. The fourth-order valence-corrected chi connectivity index (χ4v) is 3.73. The number of nitrogens with zero attached hydrogens (tertiary/aromatic N) is 4. The summed E-state index contributed by atoms with van der Waals surface area (Å²) >= 11 is 0. The number of rotatable bonds is 2. The molecular formula is C28H18B2N4O2. The lowest BCUT2D eigenvalue weighted by Gasteiger charge is -2.02. The van der Waals surface area contributed by atoms with Crippen molar-refractivity contribution in [3.8, 4) is 0 Å². The van der Waals surface area contributed by atoms with Gasteiger partial charge in [-0.05, 0) is 36.4 Å². The first-order chi connectivity index (χ1) is 17.8. The molecule has 4 aromatic rings. The highest BCUT2D eigenvalue weighted by Gasteiger charge is 2.00. The monoisotopic (exact) mass is 464 g/mol. The molecule has 0 amide bonds. The summed E-state index contributed by atoms with van der Waals surface area (Å²) in [5.74, 6) is 0.447. The van der Waals surface area contributed by atoms with E-state index in [-0.39, 0.29) is 11.8 Å². The van der Waals surface area contributed by atoms with Gasteiger partial charge in [0.1, 0.15) is 0 Å². The Morgan fingerprint density at radius 2 is 0.806 bits per heavy atom. The normalized spacial score (nSPS) is 17.1. The number of para-hydroxylation sites is 4. The van der Waals surface area contributed by atoms with Crippen LogP contribution in [0.4, 0.5) is 0 Å². The summed E-state index contributed by atoms with van der Waals surface area (Å²) in [6, 6.07) is 30.0. The first kappa shape index (κ1) is 23.1. The SMILES string of the molecule is [B]OC1=c2ccccc2=N\C=c2/cccc/c2=N/C(O[B])=c2/ccccc2=NC=c2cccc/c2=N\1. The summed E-state index contributed by atoms with van der Waals surface area (Å²) in [7, 11) is 11.3. The molecule has 8 heteroatoms. The number of hydrogen-bond acceptors (Lipinski definition) is 6. The molecule has 0 saturated carbocycles. The van der Waals surface area contributed by atoms with Crippen LogP contribution >= 0.6 is 0 Å². The van der Waals surface area contributed by atoms with Crippen molar-refractivity contribution in [3.63, 3.8) is 0 Å². The predicted octanol–water partition coefficient (Wildman–Crippen LogP) is -0.913. The third-order valence-corrected chi connectivity index (χ3v) is 5.50. The first-order valence-electron chi connectivity index (χ1n) is 11.1. The van der Waals surface area contributed by atoms with Crippen LogP contribution < -0.4 is 42.3 Å². The molecule has 0 spiro atoms. The van der Waals surface area contributed by atoms with Gasteiger partial charge >= 0.3 is 16.1 Å². The minimum Gasteiger partial charge on any atom is -0.554 e. The fraction of sp³-hybridized carbons (Fsp3) is 0. The third kappa shape index (κ3) is 4.88. The maximum Gasteiger partial charge on any atom is 0.376 e. The molecule has 0 atom stereocenters. The van der Waals surface area contributed by atoms with Crippen molar-refractivity contribution in [3.05, 3.63) is 139 Å². The van der Waals surface area contributed by atoms with Crippen LogP contribution in [-0.4, -0.2) is 16.1 Å². The summed E-state index contributed by atoms with van der Waals surface area (Å²) in [6.07, 6.45) is 3.42.